The number of likely N-dealkylation sites (N-methyl/N-ethyl adjacent to an activating group) is 1. The molecule has 3 rings (SSSR count). The molecule has 0 aliphatic heterocycles. The third kappa shape index (κ3) is 3.77. The van der Waals surface area contributed by atoms with Crippen LogP contribution in [0.3, 0.4) is 0 Å². The highest BCUT2D eigenvalue weighted by Crippen LogP contribution is 2.30. The zero-order valence-electron chi connectivity index (χ0n) is 15.7. The summed E-state index contributed by atoms with van der Waals surface area (Å²) in [5, 5.41) is 0. The molecule has 1 heterocycles. The van der Waals surface area contributed by atoms with Gasteiger partial charge in [-0.05, 0) is 37.2 Å². The van der Waals surface area contributed by atoms with E-state index in [0.717, 1.165) is 38.1 Å². The largest absolute Gasteiger partial charge is 0.326 e. The quantitative estimate of drug-likeness (QED) is 0.582. The van der Waals surface area contributed by atoms with Crippen molar-refractivity contribution < 1.29 is 0 Å². The molecule has 1 unspecified atom stereocenters. The maximum absolute atomic E-state index is 5.03. The summed E-state index contributed by atoms with van der Waals surface area (Å²) in [6.07, 6.45) is 1.05. The molecule has 0 spiro atoms. The lowest BCUT2D eigenvalue weighted by Crippen LogP contribution is -2.27. The van der Waals surface area contributed by atoms with Gasteiger partial charge in [0.25, 0.3) is 0 Å². The molecule has 132 valence electrons. The Morgan fingerprint density at radius 1 is 0.920 bits per heavy atom. The van der Waals surface area contributed by atoms with Crippen LogP contribution in [0.15, 0.2) is 54.6 Å². The molecule has 0 aliphatic rings. The van der Waals surface area contributed by atoms with Gasteiger partial charge in [-0.25, -0.2) is 4.98 Å². The number of fused-ring (bicyclic) bond motifs is 1. The number of nitrogens with zero attached hydrogens (tertiary/aromatic N) is 3. The summed E-state index contributed by atoms with van der Waals surface area (Å²) in [7, 11) is 0. The average molecular weight is 335 g/mol. The van der Waals surface area contributed by atoms with E-state index in [1.807, 2.05) is 0 Å². The second kappa shape index (κ2) is 8.30. The number of hydrogen-bond donors (Lipinski definition) is 0. The molecule has 0 bridgehead atoms. The first kappa shape index (κ1) is 17.7. The first-order valence-corrected chi connectivity index (χ1v) is 9.50. The molecule has 0 aliphatic carbocycles. The fourth-order valence-corrected chi connectivity index (χ4v) is 3.63. The first-order valence-electron chi connectivity index (χ1n) is 9.50. The molecule has 3 heteroatoms. The molecular weight excluding hydrogens is 306 g/mol. The third-order valence-electron chi connectivity index (χ3n) is 5.14. The Bertz CT molecular complexity index is 787. The minimum absolute atomic E-state index is 0.338. The van der Waals surface area contributed by atoms with Gasteiger partial charge in [-0.1, -0.05) is 63.2 Å². The van der Waals surface area contributed by atoms with Gasteiger partial charge in [0, 0.05) is 19.0 Å². The van der Waals surface area contributed by atoms with Crippen molar-refractivity contribution in [3.63, 3.8) is 0 Å². The minimum Gasteiger partial charge on any atom is -0.326 e. The van der Waals surface area contributed by atoms with E-state index in [1.54, 1.807) is 0 Å². The summed E-state index contributed by atoms with van der Waals surface area (Å²) >= 11 is 0. The van der Waals surface area contributed by atoms with Crippen LogP contribution < -0.4 is 0 Å². The van der Waals surface area contributed by atoms with Crippen molar-refractivity contribution in [1.29, 1.82) is 0 Å². The summed E-state index contributed by atoms with van der Waals surface area (Å²) in [6.45, 7) is 10.9. The third-order valence-corrected chi connectivity index (χ3v) is 5.14. The summed E-state index contributed by atoms with van der Waals surface area (Å²) in [6, 6.07) is 19.3. The van der Waals surface area contributed by atoms with Crippen LogP contribution in [0.5, 0.6) is 0 Å². The number of benzene rings is 2. The Morgan fingerprint density at radius 3 is 2.28 bits per heavy atom. The number of aromatic nitrogens is 2. The van der Waals surface area contributed by atoms with Crippen LogP contribution in [0.2, 0.25) is 0 Å². The van der Waals surface area contributed by atoms with E-state index in [9.17, 15) is 0 Å². The zero-order valence-corrected chi connectivity index (χ0v) is 15.7. The summed E-state index contributed by atoms with van der Waals surface area (Å²) in [4.78, 5) is 7.51. The molecule has 0 radical (unpaired) electrons. The monoisotopic (exact) mass is 335 g/mol. The molecule has 0 saturated carbocycles. The van der Waals surface area contributed by atoms with Crippen molar-refractivity contribution in [3.8, 4) is 0 Å². The van der Waals surface area contributed by atoms with Crippen LogP contribution in [-0.4, -0.2) is 34.1 Å². The van der Waals surface area contributed by atoms with Gasteiger partial charge in [-0.3, -0.25) is 0 Å². The summed E-state index contributed by atoms with van der Waals surface area (Å²) in [5.74, 6) is 1.53. The van der Waals surface area contributed by atoms with Gasteiger partial charge in [-0.15, -0.1) is 0 Å². The van der Waals surface area contributed by atoms with Crippen LogP contribution in [0.25, 0.3) is 11.0 Å². The lowest BCUT2D eigenvalue weighted by atomic mass is 9.95. The normalized spacial score (nSPS) is 12.8. The van der Waals surface area contributed by atoms with E-state index in [4.69, 9.17) is 4.98 Å². The van der Waals surface area contributed by atoms with Gasteiger partial charge >= 0.3 is 0 Å². The van der Waals surface area contributed by atoms with Crippen molar-refractivity contribution in [2.75, 3.05) is 19.6 Å². The fourth-order valence-electron chi connectivity index (χ4n) is 3.63. The van der Waals surface area contributed by atoms with Crippen molar-refractivity contribution >= 4 is 11.0 Å². The predicted molar refractivity (Wildman–Crippen MR) is 106 cm³/mol. The summed E-state index contributed by atoms with van der Waals surface area (Å²) in [5.41, 5.74) is 3.70. The highest BCUT2D eigenvalue weighted by molar-refractivity contribution is 5.76. The Labute approximate surface area is 151 Å². The topological polar surface area (TPSA) is 21.1 Å². The van der Waals surface area contributed by atoms with Crippen molar-refractivity contribution in [3.05, 3.63) is 66.0 Å². The molecular formula is C22H29N3. The number of imidazole rings is 1. The maximum atomic E-state index is 5.03. The van der Waals surface area contributed by atoms with Gasteiger partial charge < -0.3 is 9.47 Å². The molecule has 0 saturated heterocycles. The average Bonchev–Trinajstić information content (AvgIpc) is 3.02. The van der Waals surface area contributed by atoms with Gasteiger partial charge in [-0.2, -0.15) is 0 Å². The Kier molecular flexibility index (Phi) is 5.87. The van der Waals surface area contributed by atoms with Crippen molar-refractivity contribution in [1.82, 2.24) is 14.5 Å². The molecule has 3 aromatic rings. The van der Waals surface area contributed by atoms with Gasteiger partial charge in [0.1, 0.15) is 5.82 Å². The molecule has 2 aromatic carbocycles. The summed E-state index contributed by atoms with van der Waals surface area (Å²) < 4.78 is 2.44. The van der Waals surface area contributed by atoms with Gasteiger partial charge in [0.15, 0.2) is 0 Å². The van der Waals surface area contributed by atoms with Crippen LogP contribution in [0.4, 0.5) is 0 Å². The van der Waals surface area contributed by atoms with E-state index in [2.05, 4.69) is 84.8 Å². The predicted octanol–water partition coefficient (Wildman–Crippen LogP) is 4.92. The smallest absolute Gasteiger partial charge is 0.117 e. The Morgan fingerprint density at radius 2 is 1.60 bits per heavy atom. The maximum Gasteiger partial charge on any atom is 0.117 e. The second-order valence-corrected chi connectivity index (χ2v) is 6.51. The van der Waals surface area contributed by atoms with Crippen molar-refractivity contribution in [2.45, 2.75) is 39.7 Å². The number of hydrogen-bond acceptors (Lipinski definition) is 2. The van der Waals surface area contributed by atoms with E-state index in [-0.39, 0.29) is 0 Å². The molecule has 0 N–H and O–H groups in total. The lowest BCUT2D eigenvalue weighted by Gasteiger charge is -2.22. The first-order chi connectivity index (χ1) is 12.3. The fraction of sp³-hybridized carbons (Fsp3) is 0.409. The minimum atomic E-state index is 0.338. The molecule has 0 fully saturated rings. The van der Waals surface area contributed by atoms with Crippen molar-refractivity contribution in [2.24, 2.45) is 0 Å². The van der Waals surface area contributed by atoms with E-state index in [1.165, 1.54) is 16.9 Å². The van der Waals surface area contributed by atoms with Gasteiger partial charge in [0.2, 0.25) is 0 Å². The number of para-hydroxylation sites is 2. The lowest BCUT2D eigenvalue weighted by molar-refractivity contribution is 0.290. The van der Waals surface area contributed by atoms with Crippen LogP contribution in [0.1, 0.15) is 44.5 Å². The highest BCUT2D eigenvalue weighted by atomic mass is 15.2. The SMILES string of the molecule is CCC(c1ccccc1)c1nc2ccccc2n1CCN(CC)CC. The zero-order chi connectivity index (χ0) is 17.6. The van der Waals surface area contributed by atoms with Crippen LogP contribution in [-0.2, 0) is 6.54 Å². The van der Waals surface area contributed by atoms with Gasteiger partial charge in [0.05, 0.1) is 11.0 Å². The Balaban J connectivity index is 2.02. The van der Waals surface area contributed by atoms with Crippen LogP contribution >= 0.6 is 0 Å². The molecule has 0 amide bonds. The Hall–Kier alpha value is -2.13. The standard InChI is InChI=1S/C22H29N3/c1-4-19(18-12-8-7-9-13-18)22-23-20-14-10-11-15-21(20)25(22)17-16-24(5-2)6-3/h7-15,19H,4-6,16-17H2,1-3H3. The molecule has 1 atom stereocenters. The molecule has 3 nitrogen and oxygen atoms in total. The van der Waals surface area contributed by atoms with E-state index in [0.29, 0.717) is 5.92 Å². The highest BCUT2D eigenvalue weighted by Gasteiger charge is 2.20. The van der Waals surface area contributed by atoms with E-state index < -0.39 is 0 Å². The molecule has 25 heavy (non-hydrogen) atoms. The second-order valence-electron chi connectivity index (χ2n) is 6.51. The number of rotatable bonds is 8. The van der Waals surface area contributed by atoms with Crippen LogP contribution in [0, 0.1) is 0 Å². The van der Waals surface area contributed by atoms with E-state index >= 15 is 0 Å². The molecule has 1 aromatic heterocycles.